The van der Waals surface area contributed by atoms with Crippen LogP contribution in [0.1, 0.15) is 5.69 Å². The second kappa shape index (κ2) is 5.77. The van der Waals surface area contributed by atoms with E-state index in [1.165, 1.54) is 6.20 Å². The summed E-state index contributed by atoms with van der Waals surface area (Å²) in [7, 11) is 0. The summed E-state index contributed by atoms with van der Waals surface area (Å²) >= 11 is 0. The molecule has 1 amide bonds. The first kappa shape index (κ1) is 13.6. The van der Waals surface area contributed by atoms with Crippen LogP contribution in [0.3, 0.4) is 0 Å². The minimum atomic E-state index is -1.20. The van der Waals surface area contributed by atoms with Gasteiger partial charge in [0.2, 0.25) is 5.91 Å². The summed E-state index contributed by atoms with van der Waals surface area (Å²) < 4.78 is 0.831. The standard InChI is InChI=1S/C9H12N4O5/c10-6(8(16)11-2-7(14)15)1-5-3-13(4-12-5)9(17)18/h3-4,6H,1-2,10H2,(H,11,16)(H,14,15)(H,17,18). The molecule has 0 spiro atoms. The largest absolute Gasteiger partial charge is 0.480 e. The molecule has 0 saturated heterocycles. The first-order valence-corrected chi connectivity index (χ1v) is 4.91. The van der Waals surface area contributed by atoms with E-state index < -0.39 is 30.6 Å². The molecular formula is C9H12N4O5. The minimum Gasteiger partial charge on any atom is -0.480 e. The second-order valence-electron chi connectivity index (χ2n) is 3.48. The highest BCUT2D eigenvalue weighted by atomic mass is 16.4. The van der Waals surface area contributed by atoms with Crippen LogP contribution in [0.4, 0.5) is 4.79 Å². The lowest BCUT2D eigenvalue weighted by molar-refractivity contribution is -0.138. The van der Waals surface area contributed by atoms with Crippen LogP contribution in [0.15, 0.2) is 12.5 Å². The van der Waals surface area contributed by atoms with Crippen molar-refractivity contribution in [2.75, 3.05) is 6.54 Å². The predicted molar refractivity (Wildman–Crippen MR) is 58.0 cm³/mol. The van der Waals surface area contributed by atoms with Crippen LogP contribution < -0.4 is 11.1 Å². The quantitative estimate of drug-likeness (QED) is 0.500. The lowest BCUT2D eigenvalue weighted by Crippen LogP contribution is -2.43. The number of rotatable bonds is 5. The normalized spacial score (nSPS) is 11.8. The Kier molecular flexibility index (Phi) is 4.38. The zero-order valence-corrected chi connectivity index (χ0v) is 9.24. The van der Waals surface area contributed by atoms with Crippen molar-refractivity contribution in [2.45, 2.75) is 12.5 Å². The Balaban J connectivity index is 2.52. The van der Waals surface area contributed by atoms with Crippen molar-refractivity contribution < 1.29 is 24.6 Å². The van der Waals surface area contributed by atoms with E-state index in [2.05, 4.69) is 10.3 Å². The van der Waals surface area contributed by atoms with Gasteiger partial charge in [-0.15, -0.1) is 0 Å². The van der Waals surface area contributed by atoms with Crippen LogP contribution >= 0.6 is 0 Å². The minimum absolute atomic E-state index is 0.0196. The zero-order valence-electron chi connectivity index (χ0n) is 9.24. The summed E-state index contributed by atoms with van der Waals surface area (Å²) in [5.41, 5.74) is 5.85. The van der Waals surface area contributed by atoms with Gasteiger partial charge in [-0.05, 0) is 0 Å². The molecule has 0 fully saturated rings. The third kappa shape index (κ3) is 3.87. The van der Waals surface area contributed by atoms with Crippen molar-refractivity contribution in [2.24, 2.45) is 5.73 Å². The van der Waals surface area contributed by atoms with Crippen molar-refractivity contribution in [3.8, 4) is 0 Å². The number of imidazole rings is 1. The number of hydrogen-bond donors (Lipinski definition) is 4. The number of nitrogens with two attached hydrogens (primary N) is 1. The SMILES string of the molecule is NC(Cc1cn(C(=O)O)cn1)C(=O)NCC(=O)O. The van der Waals surface area contributed by atoms with Gasteiger partial charge in [0.25, 0.3) is 0 Å². The number of nitrogens with zero attached hydrogens (tertiary/aromatic N) is 2. The van der Waals surface area contributed by atoms with Crippen LogP contribution in [0.2, 0.25) is 0 Å². The van der Waals surface area contributed by atoms with E-state index in [1.54, 1.807) is 0 Å². The molecule has 0 aliphatic heterocycles. The first-order valence-electron chi connectivity index (χ1n) is 4.91. The average Bonchev–Trinajstić information content (AvgIpc) is 2.74. The van der Waals surface area contributed by atoms with Gasteiger partial charge in [-0.3, -0.25) is 9.59 Å². The molecule has 1 heterocycles. The van der Waals surface area contributed by atoms with E-state index >= 15 is 0 Å². The number of aromatic nitrogens is 2. The second-order valence-corrected chi connectivity index (χ2v) is 3.48. The van der Waals surface area contributed by atoms with Gasteiger partial charge in [0, 0.05) is 12.6 Å². The van der Waals surface area contributed by atoms with Crippen molar-refractivity contribution in [3.63, 3.8) is 0 Å². The Hall–Kier alpha value is -2.42. The monoisotopic (exact) mass is 256 g/mol. The molecular weight excluding hydrogens is 244 g/mol. The maximum atomic E-state index is 11.3. The number of nitrogens with one attached hydrogen (secondary N) is 1. The fourth-order valence-corrected chi connectivity index (χ4v) is 1.19. The number of carbonyl (C=O) groups is 3. The van der Waals surface area contributed by atoms with Gasteiger partial charge in [-0.2, -0.15) is 0 Å². The first-order chi connectivity index (χ1) is 8.40. The summed E-state index contributed by atoms with van der Waals surface area (Å²) in [5, 5.41) is 19.1. The Morgan fingerprint density at radius 3 is 2.61 bits per heavy atom. The molecule has 5 N–H and O–H groups in total. The Morgan fingerprint density at radius 1 is 1.44 bits per heavy atom. The molecule has 0 radical (unpaired) electrons. The van der Waals surface area contributed by atoms with Crippen molar-refractivity contribution in [1.82, 2.24) is 14.9 Å². The average molecular weight is 256 g/mol. The topological polar surface area (TPSA) is 148 Å². The molecule has 1 unspecified atom stereocenters. The predicted octanol–water partition coefficient (Wildman–Crippen LogP) is -1.52. The van der Waals surface area contributed by atoms with Gasteiger partial charge >= 0.3 is 12.1 Å². The Labute approximate surface area is 101 Å². The van der Waals surface area contributed by atoms with E-state index in [4.69, 9.17) is 15.9 Å². The van der Waals surface area contributed by atoms with E-state index in [9.17, 15) is 14.4 Å². The molecule has 1 aromatic heterocycles. The van der Waals surface area contributed by atoms with Crippen molar-refractivity contribution in [1.29, 1.82) is 0 Å². The number of aliphatic carboxylic acids is 1. The number of carboxylic acids is 1. The van der Waals surface area contributed by atoms with Gasteiger partial charge in [0.15, 0.2) is 0 Å². The molecule has 0 aromatic carbocycles. The molecule has 9 nitrogen and oxygen atoms in total. The lowest BCUT2D eigenvalue weighted by Gasteiger charge is -2.09. The van der Waals surface area contributed by atoms with Crippen LogP contribution in [0.25, 0.3) is 0 Å². The third-order valence-corrected chi connectivity index (χ3v) is 2.04. The van der Waals surface area contributed by atoms with Gasteiger partial charge < -0.3 is 21.3 Å². The van der Waals surface area contributed by atoms with Crippen molar-refractivity contribution in [3.05, 3.63) is 18.2 Å². The van der Waals surface area contributed by atoms with Crippen LogP contribution in [-0.2, 0) is 16.0 Å². The van der Waals surface area contributed by atoms with E-state index in [1.807, 2.05) is 0 Å². The number of amides is 1. The maximum Gasteiger partial charge on any atom is 0.416 e. The number of carbonyl (C=O) groups excluding carboxylic acids is 1. The van der Waals surface area contributed by atoms with E-state index in [0.29, 0.717) is 5.69 Å². The Bertz CT molecular complexity index is 469. The molecule has 18 heavy (non-hydrogen) atoms. The third-order valence-electron chi connectivity index (χ3n) is 2.04. The highest BCUT2D eigenvalue weighted by molar-refractivity contribution is 5.85. The number of hydrogen-bond acceptors (Lipinski definition) is 5. The van der Waals surface area contributed by atoms with Crippen LogP contribution in [-0.4, -0.2) is 50.3 Å². The highest BCUT2D eigenvalue weighted by Gasteiger charge is 2.16. The summed E-state index contributed by atoms with van der Waals surface area (Å²) in [4.78, 5) is 35.9. The van der Waals surface area contributed by atoms with Gasteiger partial charge in [-0.25, -0.2) is 14.3 Å². The molecule has 1 aromatic rings. The smallest absolute Gasteiger partial charge is 0.416 e. The molecule has 1 atom stereocenters. The molecule has 1 rings (SSSR count). The molecule has 0 aliphatic rings. The summed E-state index contributed by atoms with van der Waals surface area (Å²) in [6.45, 7) is -0.518. The van der Waals surface area contributed by atoms with Gasteiger partial charge in [-0.1, -0.05) is 0 Å². The summed E-state index contributed by atoms with van der Waals surface area (Å²) in [5.74, 6) is -1.81. The fourth-order valence-electron chi connectivity index (χ4n) is 1.19. The fraction of sp³-hybridized carbons (Fsp3) is 0.333. The maximum absolute atomic E-state index is 11.3. The molecule has 0 aliphatic carbocycles. The van der Waals surface area contributed by atoms with E-state index in [0.717, 1.165) is 10.9 Å². The highest BCUT2D eigenvalue weighted by Crippen LogP contribution is 1.99. The van der Waals surface area contributed by atoms with Crippen LogP contribution in [0.5, 0.6) is 0 Å². The molecule has 0 bridgehead atoms. The molecule has 0 saturated carbocycles. The summed E-state index contributed by atoms with van der Waals surface area (Å²) in [6.07, 6.45) is 1.13. The van der Waals surface area contributed by atoms with Gasteiger partial charge in [0.1, 0.15) is 12.9 Å². The van der Waals surface area contributed by atoms with Gasteiger partial charge in [0.05, 0.1) is 11.7 Å². The summed E-state index contributed by atoms with van der Waals surface area (Å²) in [6, 6.07) is -0.985. The molecule has 98 valence electrons. The van der Waals surface area contributed by atoms with E-state index in [-0.39, 0.29) is 6.42 Å². The van der Waals surface area contributed by atoms with Crippen LogP contribution in [0, 0.1) is 0 Å². The lowest BCUT2D eigenvalue weighted by atomic mass is 10.1. The Morgan fingerprint density at radius 2 is 2.11 bits per heavy atom. The molecule has 9 heteroatoms. The number of carboxylic acid groups (broad SMARTS) is 2. The van der Waals surface area contributed by atoms with Crippen molar-refractivity contribution >= 4 is 18.0 Å². The zero-order chi connectivity index (χ0) is 13.7.